The number of unbranched alkanes of at least 4 members (excludes halogenated alkanes) is 1. The number of nitrogens with zero attached hydrogens (tertiary/aromatic N) is 2. The molecule has 300 valence electrons. The fraction of sp³-hybridized carbons (Fsp3) is 0.769. The molecule has 2 saturated heterocycles. The van der Waals surface area contributed by atoms with Crippen LogP contribution in [0.5, 0.6) is 0 Å². The fourth-order valence-corrected chi connectivity index (χ4v) is 6.40. The number of carbonyl (C=O) groups is 3. The van der Waals surface area contributed by atoms with Crippen LogP contribution in [-0.4, -0.2) is 106 Å². The van der Waals surface area contributed by atoms with Crippen LogP contribution in [-0.2, 0) is 39.7 Å². The molecule has 0 saturated carbocycles. The van der Waals surface area contributed by atoms with E-state index in [1.165, 1.54) is 4.90 Å². The van der Waals surface area contributed by atoms with E-state index in [4.69, 9.17) is 28.3 Å². The molecule has 3 atom stereocenters. The third kappa shape index (κ3) is 13.1. The maximum Gasteiger partial charge on any atom is 0.457 e. The number of hydrogen-bond acceptors (Lipinski definition) is 11. The molecule has 0 aliphatic carbocycles. The van der Waals surface area contributed by atoms with Crippen LogP contribution < -0.4 is 5.32 Å². The van der Waals surface area contributed by atoms with Gasteiger partial charge in [0.25, 0.3) is 0 Å². The second-order valence-electron chi connectivity index (χ2n) is 18.2. The van der Waals surface area contributed by atoms with Crippen LogP contribution in [0.2, 0.25) is 6.32 Å². The summed E-state index contributed by atoms with van der Waals surface area (Å²) in [5, 5.41) is 14.3. The average Bonchev–Trinajstić information content (AvgIpc) is 3.47. The molecular formula is C39H66BN3O10. The molecule has 13 nitrogen and oxygen atoms in total. The van der Waals surface area contributed by atoms with Crippen LogP contribution in [0.3, 0.4) is 0 Å². The van der Waals surface area contributed by atoms with Gasteiger partial charge in [-0.05, 0) is 115 Å². The third-order valence-corrected chi connectivity index (χ3v) is 9.52. The van der Waals surface area contributed by atoms with Gasteiger partial charge in [-0.25, -0.2) is 19.3 Å². The van der Waals surface area contributed by atoms with Crippen molar-refractivity contribution in [1.29, 1.82) is 0 Å². The Kier molecular flexibility index (Phi) is 14.5. The maximum absolute atomic E-state index is 14.5. The lowest BCUT2D eigenvalue weighted by atomic mass is 9.80. The number of nitrogens with one attached hydrogen (secondary N) is 1. The first kappa shape index (κ1) is 44.5. The quantitative estimate of drug-likeness (QED) is 0.0693. The predicted molar refractivity (Wildman–Crippen MR) is 203 cm³/mol. The van der Waals surface area contributed by atoms with Gasteiger partial charge in [0.2, 0.25) is 6.41 Å². The van der Waals surface area contributed by atoms with E-state index in [-0.39, 0.29) is 39.1 Å². The van der Waals surface area contributed by atoms with Crippen molar-refractivity contribution in [3.8, 4) is 0 Å². The average molecular weight is 748 g/mol. The summed E-state index contributed by atoms with van der Waals surface area (Å²) < 4.78 is 35.8. The number of rotatable bonds is 14. The molecule has 2 amide bonds. The monoisotopic (exact) mass is 747 g/mol. The van der Waals surface area contributed by atoms with Gasteiger partial charge in [-0.2, -0.15) is 0 Å². The van der Waals surface area contributed by atoms with Crippen LogP contribution in [0.15, 0.2) is 30.3 Å². The van der Waals surface area contributed by atoms with E-state index in [1.807, 2.05) is 78.8 Å². The first-order chi connectivity index (χ1) is 24.2. The number of hydrogen-bond donors (Lipinski definition) is 2. The van der Waals surface area contributed by atoms with Crippen molar-refractivity contribution in [1.82, 2.24) is 15.1 Å². The van der Waals surface area contributed by atoms with E-state index < -0.39 is 71.3 Å². The molecule has 0 bridgehead atoms. The lowest BCUT2D eigenvalue weighted by Gasteiger charge is -2.37. The van der Waals surface area contributed by atoms with Gasteiger partial charge >= 0.3 is 25.3 Å². The fourth-order valence-electron chi connectivity index (χ4n) is 6.40. The Labute approximate surface area is 317 Å². The van der Waals surface area contributed by atoms with Gasteiger partial charge in [0, 0.05) is 25.7 Å². The summed E-state index contributed by atoms with van der Waals surface area (Å²) in [4.78, 5) is 44.3. The van der Waals surface area contributed by atoms with Crippen molar-refractivity contribution >= 4 is 25.3 Å². The standard InChI is InChI=1S/C39H66BN3O10/c1-34(2,3)49-31(45)41-23-24-42(32(46)50-35(4,5)6)29-25-39(43(26-29)33(47)51-36(7,8)9,30(44)48-27-28-19-15-14-16-20-28)21-17-18-22-40-52-37(10,11)38(12,13)53-40/h14-16,19-20,29,32,46H,17-18,21-27H2,1-13H3,(H,41,45)/t29-,32?,39+/m1/s1. The highest BCUT2D eigenvalue weighted by Crippen LogP contribution is 2.41. The molecule has 1 aromatic rings. The van der Waals surface area contributed by atoms with Gasteiger partial charge in [-0.1, -0.05) is 43.2 Å². The summed E-state index contributed by atoms with van der Waals surface area (Å²) >= 11 is 0. The largest absolute Gasteiger partial charge is 0.459 e. The number of ether oxygens (including phenoxy) is 4. The zero-order valence-corrected chi connectivity index (χ0v) is 34.5. The minimum Gasteiger partial charge on any atom is -0.459 e. The Morgan fingerprint density at radius 3 is 2.06 bits per heavy atom. The number of aliphatic hydroxyl groups is 1. The Morgan fingerprint density at radius 1 is 0.925 bits per heavy atom. The Bertz CT molecular complexity index is 1360. The lowest BCUT2D eigenvalue weighted by Crippen LogP contribution is -2.55. The number of esters is 1. The van der Waals surface area contributed by atoms with E-state index in [0.717, 1.165) is 5.56 Å². The van der Waals surface area contributed by atoms with E-state index >= 15 is 0 Å². The summed E-state index contributed by atoms with van der Waals surface area (Å²) in [5.74, 6) is -0.566. The van der Waals surface area contributed by atoms with Crippen molar-refractivity contribution in [3.05, 3.63) is 35.9 Å². The number of carbonyl (C=O) groups excluding carboxylic acids is 3. The second-order valence-corrected chi connectivity index (χ2v) is 18.2. The van der Waals surface area contributed by atoms with Crippen molar-refractivity contribution in [2.75, 3.05) is 19.6 Å². The Balaban J connectivity index is 1.97. The molecule has 2 aliphatic heterocycles. The van der Waals surface area contributed by atoms with Crippen LogP contribution in [0, 0.1) is 0 Å². The number of likely N-dealkylation sites (tertiary alicyclic amines) is 1. The van der Waals surface area contributed by atoms with Gasteiger partial charge in [0.05, 0.1) is 16.8 Å². The minimum atomic E-state index is -1.45. The van der Waals surface area contributed by atoms with Gasteiger partial charge in [0.15, 0.2) is 0 Å². The maximum atomic E-state index is 14.5. The highest BCUT2D eigenvalue weighted by Gasteiger charge is 2.57. The van der Waals surface area contributed by atoms with E-state index in [9.17, 15) is 19.5 Å². The molecule has 2 heterocycles. The van der Waals surface area contributed by atoms with E-state index in [0.29, 0.717) is 19.2 Å². The molecule has 0 spiro atoms. The molecule has 53 heavy (non-hydrogen) atoms. The number of aliphatic hydroxyl groups excluding tert-OH is 1. The van der Waals surface area contributed by atoms with Gasteiger partial charge in [-0.15, -0.1) is 0 Å². The highest BCUT2D eigenvalue weighted by molar-refractivity contribution is 6.45. The zero-order chi connectivity index (χ0) is 40.0. The number of amides is 2. The van der Waals surface area contributed by atoms with Crippen LogP contribution in [0.1, 0.15) is 121 Å². The van der Waals surface area contributed by atoms with E-state index in [2.05, 4.69) is 5.32 Å². The van der Waals surface area contributed by atoms with Crippen molar-refractivity contribution in [2.24, 2.45) is 0 Å². The van der Waals surface area contributed by atoms with E-state index in [1.54, 1.807) is 46.4 Å². The van der Waals surface area contributed by atoms with Crippen molar-refractivity contribution in [2.45, 2.75) is 175 Å². The summed E-state index contributed by atoms with van der Waals surface area (Å²) in [6.45, 7) is 24.4. The van der Waals surface area contributed by atoms with Crippen molar-refractivity contribution < 1.29 is 47.7 Å². The lowest BCUT2D eigenvalue weighted by molar-refractivity contribution is -0.247. The number of alkyl carbamates (subject to hydrolysis) is 1. The normalized spacial score (nSPS) is 22.1. The van der Waals surface area contributed by atoms with Crippen LogP contribution in [0.4, 0.5) is 9.59 Å². The molecule has 0 radical (unpaired) electrons. The molecule has 14 heteroatoms. The molecule has 2 N–H and O–H groups in total. The van der Waals surface area contributed by atoms with Gasteiger partial charge in [0.1, 0.15) is 23.3 Å². The highest BCUT2D eigenvalue weighted by atomic mass is 16.7. The molecule has 1 aromatic carbocycles. The first-order valence-electron chi connectivity index (χ1n) is 18.9. The second kappa shape index (κ2) is 17.3. The zero-order valence-electron chi connectivity index (χ0n) is 34.5. The van der Waals surface area contributed by atoms with Crippen LogP contribution >= 0.6 is 0 Å². The molecule has 2 fully saturated rings. The van der Waals surface area contributed by atoms with Gasteiger partial charge < -0.3 is 38.7 Å². The summed E-state index contributed by atoms with van der Waals surface area (Å²) in [6.07, 6.45) is -0.538. The predicted octanol–water partition coefficient (Wildman–Crippen LogP) is 6.66. The minimum absolute atomic E-state index is 0.0153. The molecule has 2 aliphatic rings. The summed E-state index contributed by atoms with van der Waals surface area (Å²) in [5.41, 5.74) is -3.86. The van der Waals surface area contributed by atoms with Crippen LogP contribution in [0.25, 0.3) is 0 Å². The first-order valence-corrected chi connectivity index (χ1v) is 18.9. The molecule has 1 unspecified atom stereocenters. The molecule has 3 rings (SSSR count). The Hall–Kier alpha value is -2.91. The third-order valence-electron chi connectivity index (χ3n) is 9.52. The van der Waals surface area contributed by atoms with Gasteiger partial charge in [-0.3, -0.25) is 4.90 Å². The number of benzene rings is 1. The molecule has 0 aromatic heterocycles. The summed E-state index contributed by atoms with van der Waals surface area (Å²) in [7, 11) is -0.406. The Morgan fingerprint density at radius 2 is 1.51 bits per heavy atom. The summed E-state index contributed by atoms with van der Waals surface area (Å²) in [6, 6.07) is 8.77. The topological polar surface area (TPSA) is 145 Å². The SMILES string of the molecule is CC(C)(C)OC(=O)NCCN(C(O)OC(C)(C)C)[C@H]1CN(C(=O)OC(C)(C)C)[C@](CCCCB2OC(C)(C)C(C)(C)O2)(C(=O)OCc2ccccc2)C1. The van der Waals surface area contributed by atoms with Crippen molar-refractivity contribution in [3.63, 3.8) is 0 Å². The smallest absolute Gasteiger partial charge is 0.457 e. The molecular weight excluding hydrogens is 681 g/mol.